The summed E-state index contributed by atoms with van der Waals surface area (Å²) in [5, 5.41) is 0. The second-order valence-electron chi connectivity index (χ2n) is 4.73. The van der Waals surface area contributed by atoms with Gasteiger partial charge in [0.25, 0.3) is 0 Å². The van der Waals surface area contributed by atoms with Crippen molar-refractivity contribution < 1.29 is 19.3 Å². The van der Waals surface area contributed by atoms with Crippen LogP contribution in [-0.4, -0.2) is 8.42 Å². The summed E-state index contributed by atoms with van der Waals surface area (Å²) in [6.07, 6.45) is 11.5. The first kappa shape index (κ1) is 17.2. The van der Waals surface area contributed by atoms with Crippen LogP contribution in [0.2, 0.25) is 0 Å². The van der Waals surface area contributed by atoms with Gasteiger partial charge in [-0.1, -0.05) is 0 Å². The van der Waals surface area contributed by atoms with E-state index in [-0.39, 0.29) is 24.8 Å². The second-order valence-corrected chi connectivity index (χ2v) is 13.2. The Morgan fingerprint density at radius 1 is 0.882 bits per heavy atom. The van der Waals surface area contributed by atoms with Crippen molar-refractivity contribution in [3.05, 3.63) is 42.0 Å². The van der Waals surface area contributed by atoms with Crippen molar-refractivity contribution in [2.45, 2.75) is 26.7 Å². The van der Waals surface area contributed by atoms with Crippen LogP contribution in [0.5, 0.6) is 0 Å². The summed E-state index contributed by atoms with van der Waals surface area (Å²) in [6, 6.07) is 0. The van der Waals surface area contributed by atoms with E-state index in [0.717, 1.165) is 12.8 Å². The Morgan fingerprint density at radius 2 is 1.24 bits per heavy atom. The molecule has 0 heterocycles. The molecule has 0 aromatic heterocycles. The van der Waals surface area contributed by atoms with E-state index in [1.807, 2.05) is 0 Å². The predicted octanol–water partition coefficient (Wildman–Crippen LogP) is 4.32. The van der Waals surface area contributed by atoms with E-state index < -0.39 is 19.3 Å². The summed E-state index contributed by atoms with van der Waals surface area (Å²) in [6.45, 7) is 4.34. The van der Waals surface area contributed by atoms with Gasteiger partial charge >= 0.3 is 96.4 Å². The van der Waals surface area contributed by atoms with Gasteiger partial charge < -0.3 is 0 Å². The molecule has 17 heavy (non-hydrogen) atoms. The fourth-order valence-electron chi connectivity index (χ4n) is 2.20. The molecular weight excluding hydrogens is 330 g/mol. The maximum absolute atomic E-state index is 4.50. The van der Waals surface area contributed by atoms with Crippen molar-refractivity contribution in [3.63, 3.8) is 0 Å². The van der Waals surface area contributed by atoms with E-state index in [9.17, 15) is 0 Å². The number of halogens is 2. The summed E-state index contributed by atoms with van der Waals surface area (Å²) in [5.41, 5.74) is 2.78. The summed E-state index contributed by atoms with van der Waals surface area (Å²) in [4.78, 5) is 0. The first-order chi connectivity index (χ1) is 7.00. The van der Waals surface area contributed by atoms with Gasteiger partial charge in [-0.3, -0.25) is 0 Å². The molecule has 0 saturated heterocycles. The minimum atomic E-state index is -2.59. The van der Waals surface area contributed by atoms with Crippen molar-refractivity contribution in [2.24, 2.45) is 0 Å². The fraction of sp³-hybridized carbons (Fsp3) is 0.286. The number of hydrogen-bond donors (Lipinski definition) is 0. The van der Waals surface area contributed by atoms with Gasteiger partial charge in [0, 0.05) is 0 Å². The number of rotatable bonds is 2. The molecule has 0 aromatic carbocycles. The van der Waals surface area contributed by atoms with Gasteiger partial charge in [0.1, 0.15) is 0 Å². The average Bonchev–Trinajstić information content (AvgIpc) is 2.74. The summed E-state index contributed by atoms with van der Waals surface area (Å²) in [7, 11) is 0. The number of allylic oxidation sites excluding steroid dienone is 8. The van der Waals surface area contributed by atoms with E-state index in [0.29, 0.717) is 0 Å². The molecule has 2 aliphatic carbocycles. The minimum absolute atomic E-state index is 0. The van der Waals surface area contributed by atoms with E-state index in [1.54, 1.807) is 6.56 Å². The predicted molar refractivity (Wildman–Crippen MR) is 81.7 cm³/mol. The van der Waals surface area contributed by atoms with Crippen LogP contribution in [0.4, 0.5) is 0 Å². The Hall–Kier alpha value is 0.163. The molecule has 0 fully saturated rings. The molecule has 0 N–H and O–H groups in total. The molecule has 0 saturated carbocycles. The van der Waals surface area contributed by atoms with Gasteiger partial charge in [0.15, 0.2) is 0 Å². The van der Waals surface area contributed by atoms with E-state index in [4.69, 9.17) is 0 Å². The molecule has 0 aliphatic heterocycles. The third-order valence-electron chi connectivity index (χ3n) is 3.32. The summed E-state index contributed by atoms with van der Waals surface area (Å²) >= 11 is -2.59. The third-order valence-corrected chi connectivity index (χ3v) is 11.1. The normalized spacial score (nSPS) is 17.5. The number of hydrogen-bond acceptors (Lipinski definition) is 0. The SMILES string of the molecule is Cl.Cl.[CH2]=[Zr](=[CH2])([C]1=CC(C)=CC1)[C]1=CC(C)=CC1. The molecule has 0 unspecified atom stereocenters. The Balaban J connectivity index is 0.00000128. The Kier molecular flexibility index (Phi) is 6.43. The van der Waals surface area contributed by atoms with Crippen LogP contribution in [-0.2, 0) is 19.3 Å². The second kappa shape index (κ2) is 6.36. The van der Waals surface area contributed by atoms with Gasteiger partial charge in [-0.25, -0.2) is 0 Å². The molecule has 0 bridgehead atoms. The van der Waals surface area contributed by atoms with Crippen LogP contribution in [0, 0.1) is 0 Å². The Bertz CT molecular complexity index is 472. The van der Waals surface area contributed by atoms with Crippen LogP contribution in [0.3, 0.4) is 0 Å². The van der Waals surface area contributed by atoms with Gasteiger partial charge in [-0.2, -0.15) is 0 Å². The quantitative estimate of drug-likeness (QED) is 0.696. The molecule has 2 aliphatic rings. The van der Waals surface area contributed by atoms with Crippen LogP contribution in [0.15, 0.2) is 42.0 Å². The zero-order valence-corrected chi connectivity index (χ0v) is 14.5. The zero-order valence-electron chi connectivity index (χ0n) is 10.5. The Labute approximate surface area is 120 Å². The maximum atomic E-state index is 4.50. The van der Waals surface area contributed by atoms with Gasteiger partial charge in [-0.05, 0) is 0 Å². The van der Waals surface area contributed by atoms with Crippen molar-refractivity contribution >= 4 is 33.2 Å². The fourth-order valence-corrected chi connectivity index (χ4v) is 8.11. The van der Waals surface area contributed by atoms with Crippen molar-refractivity contribution in [3.8, 4) is 0 Å². The first-order valence-electron chi connectivity index (χ1n) is 5.46. The van der Waals surface area contributed by atoms with Crippen LogP contribution < -0.4 is 0 Å². The third kappa shape index (κ3) is 3.56. The molecule has 0 radical (unpaired) electrons. The van der Waals surface area contributed by atoms with Crippen LogP contribution in [0.25, 0.3) is 0 Å². The Morgan fingerprint density at radius 3 is 1.47 bits per heavy atom. The zero-order chi connectivity index (χ0) is 11.1. The van der Waals surface area contributed by atoms with Crippen LogP contribution >= 0.6 is 24.8 Å². The standard InChI is InChI=1S/2C6H7.2CH2.2ClH.Zr/c2*1-6-4-2-3-5-6;;;;;/h2*4-5H,2H2,1H3;2*1H2;2*1H;. The summed E-state index contributed by atoms with van der Waals surface area (Å²) in [5.74, 6) is 0. The van der Waals surface area contributed by atoms with Crippen molar-refractivity contribution in [1.29, 1.82) is 0 Å². The molecule has 94 valence electrons. The van der Waals surface area contributed by atoms with Crippen LogP contribution in [0.1, 0.15) is 26.7 Å². The van der Waals surface area contributed by atoms with Gasteiger partial charge in [-0.15, -0.1) is 24.8 Å². The van der Waals surface area contributed by atoms with E-state index in [1.165, 1.54) is 11.1 Å². The molecule has 0 atom stereocenters. The molecular formula is C14H20Cl2Zr. The molecule has 2 rings (SSSR count). The molecule has 3 heteroatoms. The van der Waals surface area contributed by atoms with Gasteiger partial charge in [0.2, 0.25) is 0 Å². The monoisotopic (exact) mass is 348 g/mol. The molecule has 0 nitrogen and oxygen atoms in total. The average molecular weight is 350 g/mol. The topological polar surface area (TPSA) is 0 Å². The van der Waals surface area contributed by atoms with Gasteiger partial charge in [0.05, 0.1) is 0 Å². The summed E-state index contributed by atoms with van der Waals surface area (Å²) < 4.78 is 12.1. The molecule has 0 spiro atoms. The van der Waals surface area contributed by atoms with Crippen molar-refractivity contribution in [2.75, 3.05) is 0 Å². The molecule has 0 amide bonds. The van der Waals surface area contributed by atoms with E-state index >= 15 is 0 Å². The van der Waals surface area contributed by atoms with E-state index in [2.05, 4.69) is 46.6 Å². The van der Waals surface area contributed by atoms with Crippen molar-refractivity contribution in [1.82, 2.24) is 0 Å². The molecule has 0 aromatic rings. The first-order valence-corrected chi connectivity index (χ1v) is 11.4.